The lowest BCUT2D eigenvalue weighted by molar-refractivity contribution is -0.122. The highest BCUT2D eigenvalue weighted by Crippen LogP contribution is 2.14. The first-order valence-electron chi connectivity index (χ1n) is 8.92. The van der Waals surface area contributed by atoms with Crippen LogP contribution in [0, 0.1) is 0 Å². The van der Waals surface area contributed by atoms with Crippen molar-refractivity contribution in [2.45, 2.75) is 51.2 Å². The van der Waals surface area contributed by atoms with Crippen molar-refractivity contribution in [3.63, 3.8) is 0 Å². The van der Waals surface area contributed by atoms with Gasteiger partial charge in [-0.15, -0.1) is 0 Å². The van der Waals surface area contributed by atoms with Crippen LogP contribution in [-0.2, 0) is 34.3 Å². The van der Waals surface area contributed by atoms with Gasteiger partial charge in [0.25, 0.3) is 0 Å². The van der Waals surface area contributed by atoms with Gasteiger partial charge < -0.3 is 10.6 Å². The quantitative estimate of drug-likeness (QED) is 0.752. The zero-order valence-corrected chi connectivity index (χ0v) is 15.5. The van der Waals surface area contributed by atoms with E-state index in [0.717, 1.165) is 31.7 Å². The maximum Gasteiger partial charge on any atom is 0.220 e. The van der Waals surface area contributed by atoms with Crippen LogP contribution < -0.4 is 10.6 Å². The second-order valence-corrected chi connectivity index (χ2v) is 8.87. The highest BCUT2D eigenvalue weighted by atomic mass is 32.2. The van der Waals surface area contributed by atoms with Crippen LogP contribution in [0.1, 0.15) is 37.1 Å². The number of rotatable bonds is 5. The monoisotopic (exact) mass is 369 g/mol. The molecule has 0 bridgehead atoms. The molecule has 2 aliphatic heterocycles. The minimum absolute atomic E-state index is 0.0131. The van der Waals surface area contributed by atoms with Gasteiger partial charge in [-0.25, -0.2) is 12.7 Å². The zero-order valence-electron chi connectivity index (χ0n) is 14.7. The molecular weight excluding hydrogens is 342 g/mol. The van der Waals surface area contributed by atoms with Crippen molar-refractivity contribution < 1.29 is 13.2 Å². The average molecular weight is 369 g/mol. The van der Waals surface area contributed by atoms with Crippen LogP contribution >= 0.6 is 0 Å². The van der Waals surface area contributed by atoms with Crippen molar-refractivity contribution in [1.29, 1.82) is 0 Å². The minimum Gasteiger partial charge on any atom is -0.353 e. The largest absolute Gasteiger partial charge is 0.353 e. The number of amides is 1. The van der Waals surface area contributed by atoms with Gasteiger partial charge >= 0.3 is 0 Å². The number of piperidine rings is 1. The number of sulfonamides is 1. The third-order valence-electron chi connectivity index (χ3n) is 4.84. The summed E-state index contributed by atoms with van der Waals surface area (Å²) in [5.74, 6) is 0.0131. The standard InChI is InChI=1S/C16H27N5O3S/c1-25(23,24)20-9-5-13(6-10-20)18-16(22)4-3-14-11-15-12-17-7-2-8-21(15)19-14/h11,13,17H,2-10,12H2,1H3,(H,18,22). The van der Waals surface area contributed by atoms with Crippen LogP contribution in [-0.4, -0.2) is 60.3 Å². The minimum atomic E-state index is -3.12. The SMILES string of the molecule is CS(=O)(=O)N1CCC(NC(=O)CCc2cc3n(n2)CCCNC3)CC1. The molecule has 0 unspecified atom stereocenters. The van der Waals surface area contributed by atoms with Gasteiger partial charge in [-0.2, -0.15) is 5.10 Å². The molecule has 3 heterocycles. The molecule has 0 saturated carbocycles. The number of hydrogen-bond acceptors (Lipinski definition) is 5. The third kappa shape index (κ3) is 5.02. The highest BCUT2D eigenvalue weighted by molar-refractivity contribution is 7.88. The Balaban J connectivity index is 1.43. The first kappa shape index (κ1) is 18.3. The summed E-state index contributed by atoms with van der Waals surface area (Å²) in [6.45, 7) is 3.72. The molecule has 2 aliphatic rings. The molecule has 0 aromatic carbocycles. The van der Waals surface area contributed by atoms with Gasteiger partial charge in [0.15, 0.2) is 0 Å². The Morgan fingerprint density at radius 3 is 2.84 bits per heavy atom. The van der Waals surface area contributed by atoms with Crippen molar-refractivity contribution in [1.82, 2.24) is 24.7 Å². The Morgan fingerprint density at radius 1 is 1.36 bits per heavy atom. The van der Waals surface area contributed by atoms with Crippen LogP contribution in [0.5, 0.6) is 0 Å². The van der Waals surface area contributed by atoms with Crippen LogP contribution in [0.4, 0.5) is 0 Å². The molecular formula is C16H27N5O3S. The summed E-state index contributed by atoms with van der Waals surface area (Å²) < 4.78 is 26.5. The van der Waals surface area contributed by atoms with Crippen molar-refractivity contribution >= 4 is 15.9 Å². The van der Waals surface area contributed by atoms with E-state index in [9.17, 15) is 13.2 Å². The molecule has 1 aromatic heterocycles. The zero-order chi connectivity index (χ0) is 17.9. The molecule has 1 amide bonds. The lowest BCUT2D eigenvalue weighted by Gasteiger charge is -2.30. The maximum atomic E-state index is 12.2. The molecule has 8 nitrogen and oxygen atoms in total. The summed E-state index contributed by atoms with van der Waals surface area (Å²) in [5, 5.41) is 11.0. The lowest BCUT2D eigenvalue weighted by Crippen LogP contribution is -2.46. The molecule has 0 radical (unpaired) electrons. The van der Waals surface area contributed by atoms with E-state index in [1.54, 1.807) is 0 Å². The second kappa shape index (κ2) is 7.84. The number of fused-ring (bicyclic) bond motifs is 1. The predicted octanol–water partition coefficient (Wildman–Crippen LogP) is -0.151. The Labute approximate surface area is 149 Å². The van der Waals surface area contributed by atoms with E-state index in [4.69, 9.17) is 0 Å². The summed E-state index contributed by atoms with van der Waals surface area (Å²) in [7, 11) is -3.12. The maximum absolute atomic E-state index is 12.2. The topological polar surface area (TPSA) is 96.3 Å². The summed E-state index contributed by atoms with van der Waals surface area (Å²) >= 11 is 0. The molecule has 2 N–H and O–H groups in total. The number of nitrogens with one attached hydrogen (secondary N) is 2. The second-order valence-electron chi connectivity index (χ2n) is 6.88. The smallest absolute Gasteiger partial charge is 0.220 e. The van der Waals surface area contributed by atoms with Gasteiger partial charge in [0.05, 0.1) is 17.6 Å². The molecule has 1 aromatic rings. The summed E-state index contributed by atoms with van der Waals surface area (Å²) in [4.78, 5) is 12.2. The first-order valence-corrected chi connectivity index (χ1v) is 10.8. The van der Waals surface area contributed by atoms with E-state index < -0.39 is 10.0 Å². The molecule has 1 saturated heterocycles. The van der Waals surface area contributed by atoms with E-state index in [1.165, 1.54) is 16.3 Å². The molecule has 0 aliphatic carbocycles. The number of nitrogens with zero attached hydrogens (tertiary/aromatic N) is 3. The van der Waals surface area contributed by atoms with Crippen molar-refractivity contribution in [2.75, 3.05) is 25.9 Å². The number of carbonyl (C=O) groups excluding carboxylic acids is 1. The molecule has 3 rings (SSSR count). The van der Waals surface area contributed by atoms with Crippen molar-refractivity contribution in [3.05, 3.63) is 17.5 Å². The molecule has 0 spiro atoms. The summed E-state index contributed by atoms with van der Waals surface area (Å²) in [6.07, 6.45) is 4.69. The Morgan fingerprint density at radius 2 is 2.12 bits per heavy atom. The molecule has 0 atom stereocenters. The normalized spacial score (nSPS) is 20.0. The van der Waals surface area contributed by atoms with Gasteiger partial charge in [-0.3, -0.25) is 9.48 Å². The summed E-state index contributed by atoms with van der Waals surface area (Å²) in [5.41, 5.74) is 2.14. The highest BCUT2D eigenvalue weighted by Gasteiger charge is 2.25. The van der Waals surface area contributed by atoms with Crippen LogP contribution in [0.25, 0.3) is 0 Å². The van der Waals surface area contributed by atoms with Gasteiger partial charge in [-0.05, 0) is 31.9 Å². The average Bonchev–Trinajstić information content (AvgIpc) is 2.82. The van der Waals surface area contributed by atoms with Gasteiger partial charge in [0.2, 0.25) is 15.9 Å². The van der Waals surface area contributed by atoms with Crippen LogP contribution in [0.3, 0.4) is 0 Å². The van der Waals surface area contributed by atoms with Crippen molar-refractivity contribution in [3.8, 4) is 0 Å². The van der Waals surface area contributed by atoms with E-state index in [0.29, 0.717) is 38.8 Å². The Bertz CT molecular complexity index is 684. The van der Waals surface area contributed by atoms with E-state index in [1.807, 2.05) is 4.68 Å². The fourth-order valence-corrected chi connectivity index (χ4v) is 4.29. The molecule has 1 fully saturated rings. The predicted molar refractivity (Wildman–Crippen MR) is 94.5 cm³/mol. The Kier molecular flexibility index (Phi) is 5.75. The fourth-order valence-electron chi connectivity index (χ4n) is 3.42. The first-order chi connectivity index (χ1) is 11.9. The number of aryl methyl sites for hydroxylation is 2. The Hall–Kier alpha value is -1.45. The summed E-state index contributed by atoms with van der Waals surface area (Å²) in [6, 6.07) is 2.14. The number of hydrogen-bond donors (Lipinski definition) is 2. The fraction of sp³-hybridized carbons (Fsp3) is 0.750. The molecule has 9 heteroatoms. The molecule has 25 heavy (non-hydrogen) atoms. The van der Waals surface area contributed by atoms with Crippen molar-refractivity contribution in [2.24, 2.45) is 0 Å². The van der Waals surface area contributed by atoms with Gasteiger partial charge in [0, 0.05) is 45.1 Å². The van der Waals surface area contributed by atoms with Gasteiger partial charge in [-0.1, -0.05) is 0 Å². The number of aromatic nitrogens is 2. The van der Waals surface area contributed by atoms with E-state index >= 15 is 0 Å². The van der Waals surface area contributed by atoms with E-state index in [2.05, 4.69) is 21.8 Å². The van der Waals surface area contributed by atoms with Crippen LogP contribution in [0.2, 0.25) is 0 Å². The van der Waals surface area contributed by atoms with Gasteiger partial charge in [0.1, 0.15) is 0 Å². The number of carbonyl (C=O) groups is 1. The molecule has 140 valence electrons. The van der Waals surface area contributed by atoms with Crippen LogP contribution in [0.15, 0.2) is 6.07 Å². The van der Waals surface area contributed by atoms with E-state index in [-0.39, 0.29) is 11.9 Å². The third-order valence-corrected chi connectivity index (χ3v) is 6.14. The lowest BCUT2D eigenvalue weighted by atomic mass is 10.1.